The molecule has 13 heteroatoms. The number of aliphatic carboxylic acids is 1. The summed E-state index contributed by atoms with van der Waals surface area (Å²) in [4.78, 5) is 42.7. The van der Waals surface area contributed by atoms with Gasteiger partial charge in [0.15, 0.2) is 0 Å². The van der Waals surface area contributed by atoms with Gasteiger partial charge in [-0.2, -0.15) is 0 Å². The summed E-state index contributed by atoms with van der Waals surface area (Å²) in [6, 6.07) is 0. The summed E-state index contributed by atoms with van der Waals surface area (Å²) >= 11 is 0. The van der Waals surface area contributed by atoms with Crippen molar-refractivity contribution in [3.05, 3.63) is 0 Å². The van der Waals surface area contributed by atoms with E-state index in [4.69, 9.17) is 24.5 Å². The molecule has 0 unspecified atom stereocenters. The van der Waals surface area contributed by atoms with E-state index in [1.54, 1.807) is 41.5 Å². The number of rotatable bonds is 5. The molecule has 2 fully saturated rings. The van der Waals surface area contributed by atoms with Gasteiger partial charge in [0, 0.05) is 19.0 Å². The molecular formula is C25H45BN4O8. The van der Waals surface area contributed by atoms with Crippen molar-refractivity contribution < 1.29 is 38.3 Å². The van der Waals surface area contributed by atoms with Gasteiger partial charge < -0.3 is 34.5 Å². The summed E-state index contributed by atoms with van der Waals surface area (Å²) in [6.07, 6.45) is -0.170. The van der Waals surface area contributed by atoms with Gasteiger partial charge in [0.25, 0.3) is 0 Å². The maximum atomic E-state index is 12.5. The Labute approximate surface area is 226 Å². The van der Waals surface area contributed by atoms with E-state index >= 15 is 0 Å². The van der Waals surface area contributed by atoms with Crippen LogP contribution in [-0.4, -0.2) is 82.3 Å². The number of guanidine groups is 1. The van der Waals surface area contributed by atoms with E-state index in [1.165, 1.54) is 4.90 Å². The van der Waals surface area contributed by atoms with Crippen LogP contribution in [0.3, 0.4) is 0 Å². The quantitative estimate of drug-likeness (QED) is 0.268. The number of carboxylic acid groups (broad SMARTS) is 1. The molecule has 0 saturated carbocycles. The molecule has 2 atom stereocenters. The number of alkyl carbamates (subject to hydrolysis) is 1. The van der Waals surface area contributed by atoms with Gasteiger partial charge in [-0.05, 0) is 82.0 Å². The summed E-state index contributed by atoms with van der Waals surface area (Å²) in [5.74, 6) is -1.88. The van der Waals surface area contributed by atoms with Crippen LogP contribution in [-0.2, 0) is 23.6 Å². The Kier molecular flexibility index (Phi) is 9.23. The molecule has 0 radical (unpaired) electrons. The number of carboxylic acids is 1. The van der Waals surface area contributed by atoms with Crippen molar-refractivity contribution >= 4 is 31.2 Å². The molecular weight excluding hydrogens is 495 g/mol. The second-order valence-corrected chi connectivity index (χ2v) is 13.1. The largest absolute Gasteiger partial charge is 0.480 e. The Hall–Kier alpha value is -2.38. The third-order valence-corrected chi connectivity index (χ3v) is 6.82. The van der Waals surface area contributed by atoms with E-state index in [0.29, 0.717) is 19.2 Å². The first kappa shape index (κ1) is 31.8. The first-order valence-electron chi connectivity index (χ1n) is 13.0. The van der Waals surface area contributed by atoms with Gasteiger partial charge in [0.1, 0.15) is 16.7 Å². The van der Waals surface area contributed by atoms with Crippen molar-refractivity contribution in [3.63, 3.8) is 0 Å². The van der Waals surface area contributed by atoms with Crippen LogP contribution in [0.15, 0.2) is 4.99 Å². The lowest BCUT2D eigenvalue weighted by Gasteiger charge is -2.32. The molecule has 2 aliphatic rings. The minimum atomic E-state index is -1.64. The van der Waals surface area contributed by atoms with Gasteiger partial charge in [0.2, 0.25) is 5.96 Å². The van der Waals surface area contributed by atoms with Crippen LogP contribution in [0.2, 0.25) is 6.32 Å². The molecule has 2 saturated heterocycles. The zero-order chi connectivity index (χ0) is 29.3. The summed E-state index contributed by atoms with van der Waals surface area (Å²) < 4.78 is 22.7. The van der Waals surface area contributed by atoms with Crippen LogP contribution in [0.1, 0.15) is 82.1 Å². The summed E-state index contributed by atoms with van der Waals surface area (Å²) in [7, 11) is -0.410. The minimum absolute atomic E-state index is 0.142. The third kappa shape index (κ3) is 8.31. The predicted octanol–water partition coefficient (Wildman–Crippen LogP) is 3.39. The van der Waals surface area contributed by atoms with Crippen molar-refractivity contribution in [1.29, 1.82) is 0 Å². The van der Waals surface area contributed by atoms with Crippen molar-refractivity contribution in [2.75, 3.05) is 13.1 Å². The highest BCUT2D eigenvalue weighted by Crippen LogP contribution is 2.39. The molecule has 216 valence electrons. The summed E-state index contributed by atoms with van der Waals surface area (Å²) in [6.45, 7) is 18.0. The number of aliphatic imine (C=N–C) groups is 1. The molecule has 0 aliphatic carbocycles. The fourth-order valence-electron chi connectivity index (χ4n) is 4.25. The average molecular weight is 540 g/mol. The lowest BCUT2D eigenvalue weighted by molar-refractivity contribution is -0.144. The van der Waals surface area contributed by atoms with Crippen LogP contribution in [0.4, 0.5) is 9.59 Å². The number of amides is 2. The number of ether oxygens (including phenoxy) is 2. The number of hydrogen-bond acceptors (Lipinski definition) is 8. The number of nitrogens with two attached hydrogens (primary N) is 1. The Morgan fingerprint density at radius 3 is 2.05 bits per heavy atom. The highest BCUT2D eigenvalue weighted by molar-refractivity contribution is 6.45. The predicted molar refractivity (Wildman–Crippen MR) is 143 cm³/mol. The Bertz CT molecular complexity index is 925. The third-order valence-electron chi connectivity index (χ3n) is 6.82. The van der Waals surface area contributed by atoms with Gasteiger partial charge in [0.05, 0.1) is 11.2 Å². The molecule has 0 aromatic rings. The normalized spacial score (nSPS) is 25.3. The number of nitrogens with one attached hydrogen (secondary N) is 1. The fraction of sp³-hybridized carbons (Fsp3) is 0.840. The molecule has 0 aromatic carbocycles. The smallest absolute Gasteiger partial charge is 0.457 e. The van der Waals surface area contributed by atoms with Gasteiger partial charge in [-0.15, -0.1) is 4.99 Å². The zero-order valence-electron chi connectivity index (χ0n) is 24.5. The highest BCUT2D eigenvalue weighted by Gasteiger charge is 2.52. The molecule has 2 amide bonds. The van der Waals surface area contributed by atoms with Crippen LogP contribution < -0.4 is 11.1 Å². The number of carbonyl (C=O) groups excluding carboxylic acids is 2. The Balaban J connectivity index is 2.20. The van der Waals surface area contributed by atoms with Gasteiger partial charge in [-0.25, -0.2) is 9.59 Å². The van der Waals surface area contributed by atoms with Crippen molar-refractivity contribution in [2.45, 2.75) is 116 Å². The monoisotopic (exact) mass is 540 g/mol. The molecule has 0 bridgehead atoms. The van der Waals surface area contributed by atoms with E-state index in [-0.39, 0.29) is 19.0 Å². The molecule has 4 N–H and O–H groups in total. The second-order valence-electron chi connectivity index (χ2n) is 13.1. The van der Waals surface area contributed by atoms with E-state index < -0.39 is 59.1 Å². The lowest BCUT2D eigenvalue weighted by Crippen LogP contribution is -2.55. The van der Waals surface area contributed by atoms with Gasteiger partial charge >= 0.3 is 25.3 Å². The summed E-state index contributed by atoms with van der Waals surface area (Å²) in [5, 5.41) is 12.5. The topological polar surface area (TPSA) is 162 Å². The second kappa shape index (κ2) is 11.0. The van der Waals surface area contributed by atoms with Crippen LogP contribution in [0.25, 0.3) is 0 Å². The Morgan fingerprint density at radius 1 is 1.05 bits per heavy atom. The standard InChI is InChI=1S/C25H45BN4O8/c1-21(2,3)35-19(33)28-18(29-20(34)36-22(4,5)6)30-14-16(25(27,15-30)17(31)32)12-11-13-26-37-23(7,8)24(9,10)38-26/h16H,11-15,27H2,1-10H3,(H,31,32)(H,28,29,33,34)/t16-,25-/m1/s1. The van der Waals surface area contributed by atoms with E-state index in [9.17, 15) is 19.5 Å². The van der Waals surface area contributed by atoms with Gasteiger partial charge in [-0.1, -0.05) is 6.42 Å². The first-order chi connectivity index (χ1) is 17.0. The minimum Gasteiger partial charge on any atom is -0.480 e. The first-order valence-corrected chi connectivity index (χ1v) is 13.0. The number of hydrogen-bond donors (Lipinski definition) is 3. The zero-order valence-corrected chi connectivity index (χ0v) is 24.5. The van der Waals surface area contributed by atoms with E-state index in [1.807, 2.05) is 27.7 Å². The number of likely N-dealkylation sites (tertiary alicyclic amines) is 1. The van der Waals surface area contributed by atoms with Crippen molar-refractivity contribution in [2.24, 2.45) is 16.6 Å². The molecule has 38 heavy (non-hydrogen) atoms. The number of nitrogens with zero attached hydrogens (tertiary/aromatic N) is 2. The van der Waals surface area contributed by atoms with Crippen LogP contribution >= 0.6 is 0 Å². The van der Waals surface area contributed by atoms with Crippen molar-refractivity contribution in [1.82, 2.24) is 10.2 Å². The fourth-order valence-corrected chi connectivity index (χ4v) is 4.25. The van der Waals surface area contributed by atoms with Gasteiger partial charge in [-0.3, -0.25) is 10.1 Å². The molecule has 0 aromatic heterocycles. The average Bonchev–Trinajstić information content (AvgIpc) is 3.11. The maximum Gasteiger partial charge on any atom is 0.457 e. The van der Waals surface area contributed by atoms with Crippen LogP contribution in [0, 0.1) is 5.92 Å². The van der Waals surface area contributed by atoms with E-state index in [2.05, 4.69) is 10.3 Å². The van der Waals surface area contributed by atoms with E-state index in [0.717, 1.165) is 0 Å². The molecule has 12 nitrogen and oxygen atoms in total. The summed E-state index contributed by atoms with van der Waals surface area (Å²) in [5.41, 5.74) is 2.22. The van der Waals surface area contributed by atoms with Crippen molar-refractivity contribution in [3.8, 4) is 0 Å². The maximum absolute atomic E-state index is 12.5. The molecule has 0 spiro atoms. The highest BCUT2D eigenvalue weighted by atomic mass is 16.7. The molecule has 2 rings (SSSR count). The lowest BCUT2D eigenvalue weighted by atomic mass is 9.78. The Morgan fingerprint density at radius 2 is 1.58 bits per heavy atom. The number of carbonyl (C=O) groups is 3. The SMILES string of the molecule is CC(C)(C)OC(=O)N=C(NC(=O)OC(C)(C)C)N1C[C@@H](CCCB2OC(C)(C)C(C)(C)O2)[C@@](N)(C(=O)O)C1. The molecule has 2 aliphatic heterocycles. The molecule has 2 heterocycles. The van der Waals surface area contributed by atoms with Crippen LogP contribution in [0.5, 0.6) is 0 Å².